The summed E-state index contributed by atoms with van der Waals surface area (Å²) in [6.45, 7) is 6.21. The van der Waals surface area contributed by atoms with Gasteiger partial charge in [0.05, 0.1) is 12.7 Å². The Balaban J connectivity index is 1.61. The van der Waals surface area contributed by atoms with Gasteiger partial charge in [0.1, 0.15) is 5.82 Å². The molecular weight excluding hydrogens is 267 g/mol. The summed E-state index contributed by atoms with van der Waals surface area (Å²) in [7, 11) is 0. The first-order chi connectivity index (χ1) is 10.2. The second-order valence-corrected chi connectivity index (χ2v) is 6.22. The molecule has 1 saturated heterocycles. The first-order valence-electron chi connectivity index (χ1n) is 8.09. The lowest BCUT2D eigenvalue weighted by molar-refractivity contribution is -0.0327. The minimum absolute atomic E-state index is 0.0929. The van der Waals surface area contributed by atoms with Crippen LogP contribution in [0, 0.1) is 5.82 Å². The Morgan fingerprint density at radius 3 is 3.00 bits per heavy atom. The minimum Gasteiger partial charge on any atom is -0.376 e. The summed E-state index contributed by atoms with van der Waals surface area (Å²) in [6.07, 6.45) is 3.87. The van der Waals surface area contributed by atoms with Gasteiger partial charge in [-0.1, -0.05) is 19.1 Å². The lowest BCUT2D eigenvalue weighted by Crippen LogP contribution is -2.41. The zero-order valence-corrected chi connectivity index (χ0v) is 12.8. The van der Waals surface area contributed by atoms with E-state index in [0.29, 0.717) is 18.7 Å². The normalized spacial score (nSPS) is 23.4. The highest BCUT2D eigenvalue weighted by atomic mass is 19.1. The van der Waals surface area contributed by atoms with Gasteiger partial charge in [-0.15, -0.1) is 0 Å². The third kappa shape index (κ3) is 4.25. The van der Waals surface area contributed by atoms with Crippen LogP contribution in [-0.2, 0) is 17.8 Å². The summed E-state index contributed by atoms with van der Waals surface area (Å²) in [5.74, 6) is -0.0929. The maximum Gasteiger partial charge on any atom is 0.127 e. The average Bonchev–Trinajstić information content (AvgIpc) is 3.32. The average molecular weight is 292 g/mol. The number of nitrogens with one attached hydrogen (secondary N) is 1. The van der Waals surface area contributed by atoms with E-state index in [1.165, 1.54) is 18.4 Å². The molecule has 1 unspecified atom stereocenters. The minimum atomic E-state index is -0.0929. The summed E-state index contributed by atoms with van der Waals surface area (Å²) in [4.78, 5) is 2.30. The van der Waals surface area contributed by atoms with Crippen LogP contribution in [0.15, 0.2) is 18.2 Å². The molecule has 1 N–H and O–H groups in total. The van der Waals surface area contributed by atoms with Gasteiger partial charge in [-0.2, -0.15) is 0 Å². The van der Waals surface area contributed by atoms with E-state index in [0.717, 1.165) is 38.2 Å². The fraction of sp³-hybridized carbons (Fsp3) is 0.647. The number of hydrogen-bond acceptors (Lipinski definition) is 3. The molecule has 1 atom stereocenters. The zero-order chi connectivity index (χ0) is 14.7. The predicted octanol–water partition coefficient (Wildman–Crippen LogP) is 2.69. The Morgan fingerprint density at radius 1 is 1.38 bits per heavy atom. The molecule has 1 heterocycles. The SMILES string of the molecule is CCC1CN(Cc2cc(CNC3CC3)ccc2F)CCO1. The van der Waals surface area contributed by atoms with Crippen molar-refractivity contribution in [3.05, 3.63) is 35.1 Å². The van der Waals surface area contributed by atoms with Crippen molar-refractivity contribution in [3.63, 3.8) is 0 Å². The van der Waals surface area contributed by atoms with Crippen LogP contribution < -0.4 is 5.32 Å². The number of hydrogen-bond donors (Lipinski definition) is 1. The van der Waals surface area contributed by atoms with E-state index in [4.69, 9.17) is 4.74 Å². The van der Waals surface area contributed by atoms with Gasteiger partial charge in [-0.25, -0.2) is 4.39 Å². The van der Waals surface area contributed by atoms with Crippen LogP contribution >= 0.6 is 0 Å². The van der Waals surface area contributed by atoms with Gasteiger partial charge in [0.15, 0.2) is 0 Å². The third-order valence-corrected chi connectivity index (χ3v) is 4.35. The number of halogens is 1. The lowest BCUT2D eigenvalue weighted by Gasteiger charge is -2.32. The van der Waals surface area contributed by atoms with E-state index in [-0.39, 0.29) is 5.82 Å². The molecule has 21 heavy (non-hydrogen) atoms. The second kappa shape index (κ2) is 6.86. The second-order valence-electron chi connectivity index (χ2n) is 6.22. The maximum atomic E-state index is 14.0. The quantitative estimate of drug-likeness (QED) is 0.872. The highest BCUT2D eigenvalue weighted by Gasteiger charge is 2.21. The molecule has 0 radical (unpaired) electrons. The van der Waals surface area contributed by atoms with Crippen molar-refractivity contribution >= 4 is 0 Å². The van der Waals surface area contributed by atoms with Crippen LogP contribution in [0.2, 0.25) is 0 Å². The van der Waals surface area contributed by atoms with Crippen LogP contribution in [0.1, 0.15) is 37.3 Å². The summed E-state index contributed by atoms with van der Waals surface area (Å²) in [5, 5.41) is 3.48. The highest BCUT2D eigenvalue weighted by Crippen LogP contribution is 2.20. The Morgan fingerprint density at radius 2 is 2.24 bits per heavy atom. The number of morpholine rings is 1. The van der Waals surface area contributed by atoms with Crippen LogP contribution in [0.4, 0.5) is 4.39 Å². The van der Waals surface area contributed by atoms with Gasteiger partial charge >= 0.3 is 0 Å². The molecule has 1 saturated carbocycles. The topological polar surface area (TPSA) is 24.5 Å². The van der Waals surface area contributed by atoms with Crippen molar-refractivity contribution in [1.29, 1.82) is 0 Å². The lowest BCUT2D eigenvalue weighted by atomic mass is 10.1. The molecule has 0 bridgehead atoms. The van der Waals surface area contributed by atoms with Gasteiger partial charge < -0.3 is 10.1 Å². The van der Waals surface area contributed by atoms with Crippen molar-refractivity contribution in [3.8, 4) is 0 Å². The fourth-order valence-corrected chi connectivity index (χ4v) is 2.82. The molecule has 2 fully saturated rings. The molecule has 0 spiro atoms. The molecule has 3 rings (SSSR count). The van der Waals surface area contributed by atoms with Crippen molar-refractivity contribution in [1.82, 2.24) is 10.2 Å². The Bertz CT molecular complexity index is 476. The first-order valence-corrected chi connectivity index (χ1v) is 8.09. The smallest absolute Gasteiger partial charge is 0.127 e. The molecule has 3 nitrogen and oxygen atoms in total. The number of nitrogens with zero attached hydrogens (tertiary/aromatic N) is 1. The molecule has 4 heteroatoms. The van der Waals surface area contributed by atoms with Crippen LogP contribution in [0.25, 0.3) is 0 Å². The van der Waals surface area contributed by atoms with Crippen molar-refractivity contribution in [2.75, 3.05) is 19.7 Å². The number of rotatable bonds is 6. The third-order valence-electron chi connectivity index (χ3n) is 4.35. The first kappa shape index (κ1) is 14.9. The van der Waals surface area contributed by atoms with Gasteiger partial charge in [0, 0.05) is 37.8 Å². The van der Waals surface area contributed by atoms with Crippen LogP contribution in [0.5, 0.6) is 0 Å². The Kier molecular flexibility index (Phi) is 4.88. The molecule has 1 aromatic rings. The van der Waals surface area contributed by atoms with E-state index in [1.54, 1.807) is 6.07 Å². The van der Waals surface area contributed by atoms with Gasteiger partial charge in [-0.3, -0.25) is 4.90 Å². The van der Waals surface area contributed by atoms with E-state index < -0.39 is 0 Å². The Labute approximate surface area is 126 Å². The summed E-state index contributed by atoms with van der Waals surface area (Å²) < 4.78 is 19.7. The van der Waals surface area contributed by atoms with E-state index in [2.05, 4.69) is 17.1 Å². The molecule has 1 aliphatic carbocycles. The largest absolute Gasteiger partial charge is 0.376 e. The molecule has 116 valence electrons. The number of benzene rings is 1. The van der Waals surface area contributed by atoms with Gasteiger partial charge in [0.25, 0.3) is 0 Å². The van der Waals surface area contributed by atoms with E-state index >= 15 is 0 Å². The molecular formula is C17H25FN2O. The maximum absolute atomic E-state index is 14.0. The summed E-state index contributed by atoms with van der Waals surface area (Å²) >= 11 is 0. The zero-order valence-electron chi connectivity index (χ0n) is 12.8. The summed E-state index contributed by atoms with van der Waals surface area (Å²) in [6, 6.07) is 6.20. The number of ether oxygens (including phenoxy) is 1. The standard InChI is InChI=1S/C17H25FN2O/c1-2-16-12-20(7-8-21-16)11-14-9-13(3-6-17(14)18)10-19-15-4-5-15/h3,6,9,15-16,19H,2,4-5,7-8,10-12H2,1H3. The van der Waals surface area contributed by atoms with Crippen LogP contribution in [0.3, 0.4) is 0 Å². The van der Waals surface area contributed by atoms with E-state index in [1.807, 2.05) is 12.1 Å². The van der Waals surface area contributed by atoms with E-state index in [9.17, 15) is 4.39 Å². The van der Waals surface area contributed by atoms with Crippen LogP contribution in [-0.4, -0.2) is 36.7 Å². The van der Waals surface area contributed by atoms with Crippen molar-refractivity contribution < 1.29 is 9.13 Å². The van der Waals surface area contributed by atoms with Crippen molar-refractivity contribution in [2.24, 2.45) is 0 Å². The monoisotopic (exact) mass is 292 g/mol. The highest BCUT2D eigenvalue weighted by molar-refractivity contribution is 5.25. The molecule has 2 aliphatic rings. The molecule has 0 aromatic heterocycles. The Hall–Kier alpha value is -0.970. The van der Waals surface area contributed by atoms with Gasteiger partial charge in [-0.05, 0) is 30.9 Å². The summed E-state index contributed by atoms with van der Waals surface area (Å²) in [5.41, 5.74) is 1.99. The molecule has 1 aliphatic heterocycles. The predicted molar refractivity (Wildman–Crippen MR) is 81.6 cm³/mol. The fourth-order valence-electron chi connectivity index (χ4n) is 2.82. The molecule has 0 amide bonds. The van der Waals surface area contributed by atoms with Gasteiger partial charge in [0.2, 0.25) is 0 Å². The molecule has 1 aromatic carbocycles. The van der Waals surface area contributed by atoms with Crippen molar-refractivity contribution in [2.45, 2.75) is 51.4 Å².